The van der Waals surface area contributed by atoms with E-state index < -0.39 is 30.3 Å². The number of thiazole rings is 1. The number of likely N-dealkylation sites (tertiary alicyclic amines) is 1. The van der Waals surface area contributed by atoms with Gasteiger partial charge in [-0.05, 0) is 25.5 Å². The molecule has 0 spiro atoms. The zero-order valence-electron chi connectivity index (χ0n) is 21.5. The van der Waals surface area contributed by atoms with E-state index in [1.807, 2.05) is 36.4 Å². The molecule has 0 bridgehead atoms. The van der Waals surface area contributed by atoms with E-state index in [1.165, 1.54) is 30.5 Å². The predicted octanol–water partition coefficient (Wildman–Crippen LogP) is 7.56. The van der Waals surface area contributed by atoms with Crippen LogP contribution < -0.4 is 0 Å². The van der Waals surface area contributed by atoms with Crippen molar-refractivity contribution in [1.29, 1.82) is 0 Å². The standard InChI is InChI=1S/C27H24Cl2F2N4O3S2/c1-26(2,37)25-34-33-22(38-25)23-32-20(24(36)35-12-10-27(30,31)11-13-35)21(40-23)16-8-9-17(19(29)18(16)28)39-14-15-6-4-3-5-7-15/h3-9,37H,10-14H2,1-2H3. The Balaban J connectivity index is 1.52. The van der Waals surface area contributed by atoms with Gasteiger partial charge in [0.15, 0.2) is 5.01 Å². The molecule has 1 amide bonds. The van der Waals surface area contributed by atoms with Crippen LogP contribution in [-0.4, -0.2) is 50.1 Å². The van der Waals surface area contributed by atoms with Crippen LogP contribution in [-0.2, 0) is 11.4 Å². The van der Waals surface area contributed by atoms with Crippen molar-refractivity contribution in [3.05, 3.63) is 69.7 Å². The number of rotatable bonds is 7. The Hall–Kier alpha value is -2.57. The smallest absolute Gasteiger partial charge is 0.276 e. The molecule has 2 aromatic heterocycles. The van der Waals surface area contributed by atoms with Gasteiger partial charge in [0.25, 0.3) is 17.7 Å². The summed E-state index contributed by atoms with van der Waals surface area (Å²) in [5, 5.41) is 18.9. The lowest BCUT2D eigenvalue weighted by molar-refractivity contribution is -0.0494. The number of aliphatic hydroxyl groups is 1. The summed E-state index contributed by atoms with van der Waals surface area (Å²) < 4.78 is 33.2. The number of carbonyl (C=O) groups is 1. The van der Waals surface area contributed by atoms with Crippen molar-refractivity contribution < 1.29 is 23.1 Å². The van der Waals surface area contributed by atoms with Crippen LogP contribution in [0.15, 0.2) is 51.8 Å². The molecule has 1 aliphatic heterocycles. The maximum Gasteiger partial charge on any atom is 0.276 e. The molecule has 0 saturated carbocycles. The van der Waals surface area contributed by atoms with E-state index in [0.29, 0.717) is 21.2 Å². The fraction of sp³-hybridized carbons (Fsp3) is 0.333. The number of nitrogens with zero attached hydrogens (tertiary/aromatic N) is 4. The van der Waals surface area contributed by atoms with Crippen LogP contribution in [0.4, 0.5) is 8.78 Å². The molecule has 1 fully saturated rings. The summed E-state index contributed by atoms with van der Waals surface area (Å²) in [4.78, 5) is 20.6. The largest absolute Gasteiger partial charge is 0.415 e. The van der Waals surface area contributed by atoms with Crippen LogP contribution in [0.1, 0.15) is 48.6 Å². The molecule has 1 N–H and O–H groups in total. The number of aromatic nitrogens is 3. The number of thioether (sulfide) groups is 1. The summed E-state index contributed by atoms with van der Waals surface area (Å²) in [6.07, 6.45) is -0.854. The third-order valence-corrected chi connectivity index (χ3v) is 9.47. The Morgan fingerprint density at radius 2 is 1.82 bits per heavy atom. The van der Waals surface area contributed by atoms with Crippen molar-refractivity contribution in [2.75, 3.05) is 13.1 Å². The first-order valence-corrected chi connectivity index (χ1v) is 14.9. The van der Waals surface area contributed by atoms with Crippen molar-refractivity contribution in [1.82, 2.24) is 20.1 Å². The van der Waals surface area contributed by atoms with Crippen LogP contribution in [0.3, 0.4) is 0 Å². The van der Waals surface area contributed by atoms with E-state index in [0.717, 1.165) is 21.8 Å². The van der Waals surface area contributed by atoms with Crippen LogP contribution in [0.5, 0.6) is 0 Å². The quantitative estimate of drug-likeness (QED) is 0.212. The third-order valence-electron chi connectivity index (χ3n) is 6.27. The molecule has 2 aromatic carbocycles. The SMILES string of the molecule is CC(C)(O)c1nnc(-c2nc(C(=O)N3CCC(F)(F)CC3)c(-c3ccc(SCc4ccccc4)c(Cl)c3Cl)s2)o1. The Labute approximate surface area is 247 Å². The molecule has 4 aromatic rings. The van der Waals surface area contributed by atoms with Gasteiger partial charge in [-0.3, -0.25) is 4.79 Å². The van der Waals surface area contributed by atoms with Gasteiger partial charge in [-0.15, -0.1) is 33.3 Å². The maximum absolute atomic E-state index is 13.8. The second-order valence-electron chi connectivity index (χ2n) is 9.83. The highest BCUT2D eigenvalue weighted by Gasteiger charge is 2.37. The van der Waals surface area contributed by atoms with E-state index in [-0.39, 0.29) is 40.6 Å². The Morgan fingerprint density at radius 3 is 2.48 bits per heavy atom. The molecule has 5 rings (SSSR count). The fourth-order valence-electron chi connectivity index (χ4n) is 4.04. The van der Waals surface area contributed by atoms with E-state index in [2.05, 4.69) is 15.2 Å². The van der Waals surface area contributed by atoms with Gasteiger partial charge in [0.05, 0.1) is 14.9 Å². The normalized spacial score (nSPS) is 15.4. The summed E-state index contributed by atoms with van der Waals surface area (Å²) in [5.41, 5.74) is 0.233. The fourth-order valence-corrected chi connectivity index (χ4v) is 6.65. The number of amides is 1. The molecule has 0 unspecified atom stereocenters. The van der Waals surface area contributed by atoms with Gasteiger partial charge in [-0.2, -0.15) is 0 Å². The Kier molecular flexibility index (Phi) is 8.22. The molecule has 0 radical (unpaired) electrons. The minimum Gasteiger partial charge on any atom is -0.415 e. The number of piperidine rings is 1. The van der Waals surface area contributed by atoms with E-state index in [1.54, 1.807) is 6.07 Å². The molecule has 7 nitrogen and oxygen atoms in total. The van der Waals surface area contributed by atoms with Gasteiger partial charge in [-0.1, -0.05) is 59.6 Å². The van der Waals surface area contributed by atoms with Crippen molar-refractivity contribution in [2.24, 2.45) is 0 Å². The maximum atomic E-state index is 13.8. The highest BCUT2D eigenvalue weighted by Crippen LogP contribution is 2.45. The molecule has 210 valence electrons. The van der Waals surface area contributed by atoms with Crippen LogP contribution in [0.25, 0.3) is 21.3 Å². The third kappa shape index (κ3) is 6.18. The van der Waals surface area contributed by atoms with E-state index in [4.69, 9.17) is 27.6 Å². The lowest BCUT2D eigenvalue weighted by atomic mass is 10.1. The lowest BCUT2D eigenvalue weighted by Crippen LogP contribution is -2.43. The van der Waals surface area contributed by atoms with Gasteiger partial charge in [0.2, 0.25) is 5.89 Å². The van der Waals surface area contributed by atoms with Crippen molar-refractivity contribution >= 4 is 52.2 Å². The van der Waals surface area contributed by atoms with Gasteiger partial charge in [0.1, 0.15) is 11.3 Å². The molecule has 1 saturated heterocycles. The lowest BCUT2D eigenvalue weighted by Gasteiger charge is -2.31. The number of hydrogen-bond donors (Lipinski definition) is 1. The monoisotopic (exact) mass is 624 g/mol. The predicted molar refractivity (Wildman–Crippen MR) is 152 cm³/mol. The van der Waals surface area contributed by atoms with Crippen molar-refractivity contribution in [2.45, 2.75) is 48.9 Å². The number of benzene rings is 2. The second kappa shape index (κ2) is 11.4. The molecule has 40 heavy (non-hydrogen) atoms. The zero-order valence-corrected chi connectivity index (χ0v) is 24.6. The number of alkyl halides is 2. The Bertz CT molecular complexity index is 1530. The molecular formula is C27H24Cl2F2N4O3S2. The van der Waals surface area contributed by atoms with Gasteiger partial charge in [0, 0.05) is 42.1 Å². The van der Waals surface area contributed by atoms with Gasteiger partial charge < -0.3 is 14.4 Å². The number of halogens is 4. The first kappa shape index (κ1) is 28.9. The van der Waals surface area contributed by atoms with Crippen molar-refractivity contribution in [3.63, 3.8) is 0 Å². The molecule has 13 heteroatoms. The van der Waals surface area contributed by atoms with E-state index in [9.17, 15) is 18.7 Å². The minimum absolute atomic E-state index is 0.00450. The van der Waals surface area contributed by atoms with Crippen molar-refractivity contribution in [3.8, 4) is 21.3 Å². The highest BCUT2D eigenvalue weighted by atomic mass is 35.5. The first-order chi connectivity index (χ1) is 18.9. The molecule has 3 heterocycles. The summed E-state index contributed by atoms with van der Waals surface area (Å²) in [6.45, 7) is 2.78. The summed E-state index contributed by atoms with van der Waals surface area (Å²) >= 11 is 16.1. The highest BCUT2D eigenvalue weighted by molar-refractivity contribution is 7.98. The average Bonchev–Trinajstić information content (AvgIpc) is 3.58. The number of hydrogen-bond acceptors (Lipinski definition) is 8. The van der Waals surface area contributed by atoms with Crippen LogP contribution in [0.2, 0.25) is 10.0 Å². The number of carbonyl (C=O) groups excluding carboxylic acids is 1. The van der Waals surface area contributed by atoms with Gasteiger partial charge >= 0.3 is 0 Å². The molecular weight excluding hydrogens is 601 g/mol. The van der Waals surface area contributed by atoms with E-state index >= 15 is 0 Å². The summed E-state index contributed by atoms with van der Waals surface area (Å²) in [5.74, 6) is -2.65. The topological polar surface area (TPSA) is 92.3 Å². The van der Waals surface area contributed by atoms with Crippen LogP contribution >= 0.6 is 46.3 Å². The zero-order chi connectivity index (χ0) is 28.7. The first-order valence-electron chi connectivity index (χ1n) is 12.3. The molecule has 0 aliphatic carbocycles. The molecule has 1 aliphatic rings. The van der Waals surface area contributed by atoms with Crippen LogP contribution in [0, 0.1) is 0 Å². The van der Waals surface area contributed by atoms with Gasteiger partial charge in [-0.25, -0.2) is 13.8 Å². The Morgan fingerprint density at radius 1 is 1.12 bits per heavy atom. The second-order valence-corrected chi connectivity index (χ2v) is 12.6. The minimum atomic E-state index is -2.81. The average molecular weight is 626 g/mol. The molecule has 0 atom stereocenters. The summed E-state index contributed by atoms with van der Waals surface area (Å²) in [6, 6.07) is 13.5. The summed E-state index contributed by atoms with van der Waals surface area (Å²) in [7, 11) is 0.